The summed E-state index contributed by atoms with van der Waals surface area (Å²) < 4.78 is 0. The maximum atomic E-state index is 7.91. The van der Waals surface area contributed by atoms with Crippen LogP contribution in [0.3, 0.4) is 0 Å². The molecule has 0 fully saturated rings. The number of anilines is 1. The van der Waals surface area contributed by atoms with Gasteiger partial charge in [-0.3, -0.25) is 10.4 Å². The molecule has 47 heteroatoms. The van der Waals surface area contributed by atoms with Crippen molar-refractivity contribution in [2.45, 2.75) is 92.5 Å². The van der Waals surface area contributed by atoms with Gasteiger partial charge in [0.2, 0.25) is 53.6 Å². The first-order chi connectivity index (χ1) is 63.5. The number of para-hydroxylation sites is 3. The molecule has 39 nitrogen and oxygen atoms in total. The monoisotopic (exact) mass is 2010 g/mol. The first kappa shape index (κ1) is 119. The summed E-state index contributed by atoms with van der Waals surface area (Å²) in [6.45, 7) is 14.3. The van der Waals surface area contributed by atoms with Crippen molar-refractivity contribution in [2.75, 3.05) is 67.3 Å². The van der Waals surface area contributed by atoms with Crippen LogP contribution in [0, 0.1) is 11.3 Å². The molecule has 8 aromatic carbocycles. The van der Waals surface area contributed by atoms with Crippen LogP contribution in [0.4, 0.5) is 17.1 Å². The summed E-state index contributed by atoms with van der Waals surface area (Å²) >= 11 is 47.9. The normalized spacial score (nSPS) is 12.1. The highest BCUT2D eigenvalue weighted by molar-refractivity contribution is 6.35. The first-order valence-corrected chi connectivity index (χ1v) is 43.8. The first-order valence-electron chi connectivity index (χ1n) is 40.7. The number of aliphatic imine (C=N–C) groups is 15. The molecule has 8 aromatic rings. The van der Waals surface area contributed by atoms with E-state index < -0.39 is 0 Å². The summed E-state index contributed by atoms with van der Waals surface area (Å²) in [5.74, 6) is 2.55. The Morgan fingerprint density at radius 1 is 0.311 bits per heavy atom. The largest absolute Gasteiger partial charge is 0.387 e. The van der Waals surface area contributed by atoms with E-state index in [0.29, 0.717) is 111 Å². The van der Waals surface area contributed by atoms with Crippen molar-refractivity contribution in [2.24, 2.45) is 184 Å². The number of guanidine groups is 15. The fraction of sp³-hybridized carbons (Fsp3) is 0.273. The SMILES string of the molecule is CC(C)CC(N)=NC(=N)N(C)CCc1ccccc1Cl.CC(C)N=C(N)N=C(N)N(C)Cc1ccccc1Cl.CC(C)N=C(N)N=C(N)N(C)c1ccccc1Cl.CN(C)C(N)=NC(N)=NCc1ccccc1Cl.CN(C)C(N)=NC(N)=Nc1ccccc1Cl.NC(N)=NC(N)=NCCc1ccccc1Cl.NC(N)=NC(N)=NCc1ccccc1Cl.NC(N)=NC(N)=Nc1ccccc1Cl. The van der Waals surface area contributed by atoms with Crippen molar-refractivity contribution < 1.29 is 0 Å². The lowest BCUT2D eigenvalue weighted by Gasteiger charge is -2.19. The van der Waals surface area contributed by atoms with Gasteiger partial charge in [-0.25, -0.2) is 34.9 Å². The van der Waals surface area contributed by atoms with Crippen LogP contribution in [-0.2, 0) is 32.5 Å². The molecule has 0 spiro atoms. The highest BCUT2D eigenvalue weighted by Gasteiger charge is 2.13. The fourth-order valence-electron chi connectivity index (χ4n) is 9.47. The van der Waals surface area contributed by atoms with E-state index in [1.807, 2.05) is 181 Å². The Hall–Kier alpha value is -13.8. The van der Waals surface area contributed by atoms with Gasteiger partial charge in [-0.2, -0.15) is 34.9 Å². The quantitative estimate of drug-likeness (QED) is 0.0264. The maximum Gasteiger partial charge on any atom is 0.223 e. The van der Waals surface area contributed by atoms with Gasteiger partial charge >= 0.3 is 0 Å². The van der Waals surface area contributed by atoms with Crippen molar-refractivity contribution in [1.82, 2.24) is 19.6 Å². The van der Waals surface area contributed by atoms with Crippen LogP contribution in [0.15, 0.2) is 269 Å². The van der Waals surface area contributed by atoms with E-state index in [9.17, 15) is 0 Å². The second-order valence-corrected chi connectivity index (χ2v) is 32.4. The predicted molar refractivity (Wildman–Crippen MR) is 575 cm³/mol. The summed E-state index contributed by atoms with van der Waals surface area (Å²) in [7, 11) is 12.5. The van der Waals surface area contributed by atoms with Gasteiger partial charge in [0.15, 0.2) is 35.8 Å². The highest BCUT2D eigenvalue weighted by Crippen LogP contribution is 2.27. The molecule has 0 unspecified atom stereocenters. The van der Waals surface area contributed by atoms with Crippen LogP contribution in [0.1, 0.15) is 75.8 Å². The molecule has 730 valence electrons. The minimum atomic E-state index is -0.140. The Balaban J connectivity index is 0.000000773. The minimum absolute atomic E-state index is 0.0295. The molecule has 0 amide bonds. The van der Waals surface area contributed by atoms with Crippen LogP contribution in [0.5, 0.6) is 0 Å². The zero-order valence-corrected chi connectivity index (χ0v) is 83.8. The smallest absolute Gasteiger partial charge is 0.223 e. The molecule has 0 heterocycles. The van der Waals surface area contributed by atoms with Crippen LogP contribution in [0.25, 0.3) is 0 Å². The zero-order valence-electron chi connectivity index (χ0n) is 77.7. The number of benzene rings is 8. The van der Waals surface area contributed by atoms with Gasteiger partial charge in [0, 0.05) is 113 Å². The molecule has 0 saturated heterocycles. The number of nitrogens with zero attached hydrogens (tertiary/aromatic N) is 20. The Bertz CT molecular complexity index is 5470. The van der Waals surface area contributed by atoms with E-state index in [1.54, 1.807) is 114 Å². The Morgan fingerprint density at radius 2 is 0.622 bits per heavy atom. The van der Waals surface area contributed by atoms with Crippen molar-refractivity contribution in [3.63, 3.8) is 0 Å². The molecule has 0 radical (unpaired) electrons. The summed E-state index contributed by atoms with van der Waals surface area (Å²) in [6.07, 6.45) is 2.18. The lowest BCUT2D eigenvalue weighted by molar-refractivity contribution is 0.495. The lowest BCUT2D eigenvalue weighted by Crippen LogP contribution is -2.36. The molecule has 0 bridgehead atoms. The molecule has 0 aliphatic carbocycles. The van der Waals surface area contributed by atoms with Crippen molar-refractivity contribution in [3.05, 3.63) is 262 Å². The Kier molecular flexibility index (Phi) is 58.0. The summed E-state index contributed by atoms with van der Waals surface area (Å²) in [5.41, 5.74) is 105. The zero-order chi connectivity index (χ0) is 102. The van der Waals surface area contributed by atoms with Gasteiger partial charge in [0.1, 0.15) is 5.84 Å². The van der Waals surface area contributed by atoms with Gasteiger partial charge in [-0.05, 0) is 141 Å². The molecule has 8 rings (SSSR count). The molecular weight excluding hydrogens is 1890 g/mol. The minimum Gasteiger partial charge on any atom is -0.387 e. The van der Waals surface area contributed by atoms with Crippen molar-refractivity contribution in [1.29, 1.82) is 5.41 Å². The van der Waals surface area contributed by atoms with Crippen LogP contribution in [0.2, 0.25) is 40.2 Å². The Morgan fingerprint density at radius 3 is 0.993 bits per heavy atom. The molecule has 135 heavy (non-hydrogen) atoms. The van der Waals surface area contributed by atoms with Gasteiger partial charge in [-0.15, -0.1) is 0 Å². The number of amidine groups is 1. The standard InChI is InChI=1S/C15H23ClN4.C13H20ClN5.C12H18ClN5.C11H16ClN5.2C10H14ClN5.C9H12ClN5.C8H10ClN5/c1-11(2)10-14(17)19-15(18)20(3)9-8-12-6-4-5-7-13(12)16;1-9(2)17-12(15)18-13(16)19(3)8-10-6-4-5-7-11(10)14;1-8(2)16-11(14)17-12(15)18(3)10-7-5-4-6-9(10)13;1-17(2)11(14)16-10(13)15-7-8-5-3-4-6-9(8)12;1-16(2)10(13)15-9(12)14-8-6-4-3-5-7(8)11;11-8-4-2-1-3-7(8)5-6-15-10(14)16-9(12)13;10-7-4-2-1-3-6(7)5-14-9(13)15-8(11)12;9-5-3-1-2-4-6(5)13-8(12)14-7(10)11/h4-7,11H,8-10H2,1-3H3,(H3,17,18,19);4-7,9H,8H2,1-3H3,(H4,15,16,17,18);4-8H,1-3H3,(H4,14,15,16,17);3-6H,7H2,1-2H3,(H4,13,14,15,16);3-6H,1-2H3,(H4,12,13,14,15);1-4H,5-6H2,(H6,12,13,14,15,16);1-4H,5H2,(H6,11,12,13,14,15);1-4H,(H6,10,11,12,13,14). The lowest BCUT2D eigenvalue weighted by atomic mass is 10.1. The van der Waals surface area contributed by atoms with Crippen molar-refractivity contribution in [3.8, 4) is 0 Å². The van der Waals surface area contributed by atoms with Crippen LogP contribution < -0.4 is 108 Å². The molecule has 0 saturated carbocycles. The number of hydrogen-bond acceptors (Lipinski definition) is 8. The molecule has 0 aromatic heterocycles. The van der Waals surface area contributed by atoms with Gasteiger partial charge in [0.25, 0.3) is 0 Å². The second-order valence-electron chi connectivity index (χ2n) is 29.1. The van der Waals surface area contributed by atoms with E-state index in [0.717, 1.165) is 50.0 Å². The van der Waals surface area contributed by atoms with Crippen molar-refractivity contribution >= 4 is 205 Å². The number of halogens is 8. The van der Waals surface area contributed by atoms with Crippen LogP contribution >= 0.6 is 92.8 Å². The average Bonchev–Trinajstić information content (AvgIpc) is 0.858. The predicted octanol–water partition coefficient (Wildman–Crippen LogP) is 10.4. The molecular formula is C88H127Cl8N39. The fourth-order valence-corrected chi connectivity index (χ4v) is 11.1. The number of likely N-dealkylation sites (N-methyl/N-ethyl adjacent to an activating group) is 1. The van der Waals surface area contributed by atoms with E-state index in [1.165, 1.54) is 0 Å². The molecule has 37 N–H and O–H groups in total. The van der Waals surface area contributed by atoms with Gasteiger partial charge in [-0.1, -0.05) is 234 Å². The third-order valence-electron chi connectivity index (χ3n) is 16.1. The number of rotatable bonds is 19. The van der Waals surface area contributed by atoms with E-state index >= 15 is 0 Å². The third kappa shape index (κ3) is 54.7. The third-order valence-corrected chi connectivity index (χ3v) is 18.9. The summed E-state index contributed by atoms with van der Waals surface area (Å²) in [6, 6.07) is 59.3. The van der Waals surface area contributed by atoms with E-state index in [4.69, 9.17) is 201 Å². The van der Waals surface area contributed by atoms with Gasteiger partial charge < -0.3 is 128 Å². The molecule has 0 aliphatic heterocycles. The van der Waals surface area contributed by atoms with E-state index in [2.05, 4.69) is 88.7 Å². The number of nitrogens with one attached hydrogen (secondary N) is 1. The summed E-state index contributed by atoms with van der Waals surface area (Å²) in [5, 5.41) is 13.0. The summed E-state index contributed by atoms with van der Waals surface area (Å²) in [4.78, 5) is 67.4. The van der Waals surface area contributed by atoms with Crippen LogP contribution in [-0.4, -0.2) is 189 Å². The number of hydrogen-bond donors (Lipinski definition) is 19. The average molecular weight is 2010 g/mol. The maximum absolute atomic E-state index is 7.91. The topological polar surface area (TPSA) is 694 Å². The second kappa shape index (κ2) is 65.7. The van der Waals surface area contributed by atoms with Gasteiger partial charge in [0.05, 0.1) is 45.2 Å². The Labute approximate surface area is 830 Å². The molecule has 0 atom stereocenters. The van der Waals surface area contributed by atoms with E-state index in [-0.39, 0.29) is 89.6 Å². The molecule has 0 aliphatic rings. The highest BCUT2D eigenvalue weighted by atomic mass is 35.5. The number of nitrogens with two attached hydrogens (primary N) is 18.